The number of H-pyrrole nitrogens is 1. The van der Waals surface area contributed by atoms with E-state index in [0.717, 1.165) is 43.6 Å². The van der Waals surface area contributed by atoms with E-state index in [0.29, 0.717) is 6.54 Å². The molecule has 0 bridgehead atoms. The largest absolute Gasteiger partial charge is 0.300 e. The first kappa shape index (κ1) is 15.5. The number of fused-ring (bicyclic) bond motifs is 1. The van der Waals surface area contributed by atoms with Gasteiger partial charge >= 0.3 is 0 Å². The molecule has 1 aliphatic rings. The van der Waals surface area contributed by atoms with Crippen molar-refractivity contribution in [1.29, 1.82) is 0 Å². The van der Waals surface area contributed by atoms with E-state index in [4.69, 9.17) is 0 Å². The summed E-state index contributed by atoms with van der Waals surface area (Å²) in [6.07, 6.45) is 3.13. The van der Waals surface area contributed by atoms with Crippen LogP contribution in [0, 0.1) is 0 Å². The normalized spacial score (nSPS) is 18.0. The molecule has 0 spiro atoms. The van der Waals surface area contributed by atoms with Gasteiger partial charge in [-0.3, -0.25) is 14.9 Å². The van der Waals surface area contributed by atoms with Crippen LogP contribution in [0.15, 0.2) is 24.4 Å². The van der Waals surface area contributed by atoms with E-state index in [1.165, 1.54) is 11.8 Å². The number of piperazine rings is 1. The van der Waals surface area contributed by atoms with Crippen LogP contribution in [-0.2, 0) is 16.4 Å². The van der Waals surface area contributed by atoms with Crippen LogP contribution in [0.3, 0.4) is 0 Å². The van der Waals surface area contributed by atoms with Gasteiger partial charge in [0.25, 0.3) is 0 Å². The molecule has 0 unspecified atom stereocenters. The lowest BCUT2D eigenvalue weighted by molar-refractivity contribution is 0.132. The van der Waals surface area contributed by atoms with Crippen LogP contribution in [0.2, 0.25) is 0 Å². The predicted molar refractivity (Wildman–Crippen MR) is 87.5 cm³/mol. The topological polar surface area (TPSA) is 69.3 Å². The van der Waals surface area contributed by atoms with E-state index in [2.05, 4.69) is 38.2 Å². The first-order valence-electron chi connectivity index (χ1n) is 7.54. The molecule has 1 N–H and O–H groups in total. The molecule has 1 aromatic heterocycles. The van der Waals surface area contributed by atoms with Crippen molar-refractivity contribution in [2.24, 2.45) is 0 Å². The Kier molecular flexibility index (Phi) is 4.46. The van der Waals surface area contributed by atoms with Gasteiger partial charge in [0.1, 0.15) is 9.84 Å². The second kappa shape index (κ2) is 6.36. The maximum absolute atomic E-state index is 11.2. The number of rotatable bonds is 5. The van der Waals surface area contributed by atoms with Crippen LogP contribution in [0.5, 0.6) is 0 Å². The summed E-state index contributed by atoms with van der Waals surface area (Å²) in [6, 6.07) is 6.39. The minimum atomic E-state index is -2.87. The molecule has 0 saturated carbocycles. The van der Waals surface area contributed by atoms with E-state index in [1.807, 2.05) is 6.20 Å². The van der Waals surface area contributed by atoms with Crippen molar-refractivity contribution in [3.63, 3.8) is 0 Å². The number of hydrogen-bond acceptors (Lipinski definition) is 5. The van der Waals surface area contributed by atoms with Gasteiger partial charge in [-0.15, -0.1) is 0 Å². The van der Waals surface area contributed by atoms with Gasteiger partial charge in [-0.05, 0) is 11.6 Å². The zero-order valence-electron chi connectivity index (χ0n) is 12.8. The Morgan fingerprint density at radius 3 is 2.64 bits per heavy atom. The third-order valence-corrected chi connectivity index (χ3v) is 5.08. The van der Waals surface area contributed by atoms with Crippen molar-refractivity contribution in [2.75, 3.05) is 44.7 Å². The first-order valence-corrected chi connectivity index (χ1v) is 9.60. The van der Waals surface area contributed by atoms with Crippen molar-refractivity contribution < 1.29 is 8.42 Å². The van der Waals surface area contributed by atoms with Gasteiger partial charge in [-0.2, -0.15) is 5.10 Å². The number of nitrogens with one attached hydrogen (secondary N) is 1. The zero-order valence-corrected chi connectivity index (χ0v) is 13.6. The predicted octanol–water partition coefficient (Wildman–Crippen LogP) is 0.725. The number of benzene rings is 1. The van der Waals surface area contributed by atoms with E-state index < -0.39 is 9.84 Å². The summed E-state index contributed by atoms with van der Waals surface area (Å²) in [5, 5.41) is 8.18. The summed E-state index contributed by atoms with van der Waals surface area (Å²) < 4.78 is 22.4. The number of sulfone groups is 1. The second-order valence-electron chi connectivity index (χ2n) is 6.04. The summed E-state index contributed by atoms with van der Waals surface area (Å²) in [7, 11) is -2.87. The fourth-order valence-electron chi connectivity index (χ4n) is 2.81. The molecule has 1 saturated heterocycles. The van der Waals surface area contributed by atoms with Crippen LogP contribution in [0.1, 0.15) is 5.56 Å². The minimum absolute atomic E-state index is 0.253. The minimum Gasteiger partial charge on any atom is -0.300 e. The van der Waals surface area contributed by atoms with Crippen molar-refractivity contribution in [2.45, 2.75) is 6.54 Å². The highest BCUT2D eigenvalue weighted by Gasteiger charge is 2.18. The molecule has 1 aromatic carbocycles. The van der Waals surface area contributed by atoms with Crippen LogP contribution in [0.4, 0.5) is 0 Å². The van der Waals surface area contributed by atoms with Gasteiger partial charge in [0, 0.05) is 50.9 Å². The highest BCUT2D eigenvalue weighted by molar-refractivity contribution is 7.90. The van der Waals surface area contributed by atoms with Gasteiger partial charge < -0.3 is 0 Å². The lowest BCUT2D eigenvalue weighted by Gasteiger charge is -2.34. The fraction of sp³-hybridized carbons (Fsp3) is 0.533. The Labute approximate surface area is 131 Å². The Hall–Kier alpha value is -1.44. The first-order chi connectivity index (χ1) is 10.5. The molecular weight excluding hydrogens is 300 g/mol. The number of hydrogen-bond donors (Lipinski definition) is 1. The fourth-order valence-corrected chi connectivity index (χ4v) is 3.40. The van der Waals surface area contributed by atoms with Crippen LogP contribution >= 0.6 is 0 Å². The molecule has 7 heteroatoms. The van der Waals surface area contributed by atoms with Gasteiger partial charge in [-0.25, -0.2) is 8.42 Å². The average Bonchev–Trinajstić information content (AvgIpc) is 2.93. The maximum atomic E-state index is 11.2. The van der Waals surface area contributed by atoms with Gasteiger partial charge in [0.05, 0.1) is 17.5 Å². The molecule has 6 nitrogen and oxygen atoms in total. The van der Waals surface area contributed by atoms with Crippen molar-refractivity contribution in [3.8, 4) is 0 Å². The van der Waals surface area contributed by atoms with Crippen molar-refractivity contribution >= 4 is 20.7 Å². The van der Waals surface area contributed by atoms with Crippen molar-refractivity contribution in [3.05, 3.63) is 30.0 Å². The molecule has 2 heterocycles. The summed E-state index contributed by atoms with van der Waals surface area (Å²) in [6.45, 7) is 5.39. The van der Waals surface area contributed by atoms with Gasteiger partial charge in [0.15, 0.2) is 0 Å². The number of nitrogens with zero attached hydrogens (tertiary/aromatic N) is 3. The average molecular weight is 322 g/mol. The molecule has 0 radical (unpaired) electrons. The molecule has 22 heavy (non-hydrogen) atoms. The molecular formula is C15H22N4O2S. The summed E-state index contributed by atoms with van der Waals surface area (Å²) >= 11 is 0. The standard InChI is InChI=1S/C15H22N4O2S/c1-22(20,21)9-8-18-4-6-19(7-5-18)12-13-2-3-14-11-16-17-15(14)10-13/h2-3,10-11H,4-9,12H2,1H3,(H,16,17). The third-order valence-electron chi connectivity index (χ3n) is 4.16. The maximum Gasteiger partial charge on any atom is 0.148 e. The van der Waals surface area contributed by atoms with Gasteiger partial charge in [0.2, 0.25) is 0 Å². The molecule has 1 fully saturated rings. The lowest BCUT2D eigenvalue weighted by atomic mass is 10.1. The highest BCUT2D eigenvalue weighted by atomic mass is 32.2. The summed E-state index contributed by atoms with van der Waals surface area (Å²) in [4.78, 5) is 4.64. The number of aromatic amines is 1. The van der Waals surface area contributed by atoms with Crippen LogP contribution < -0.4 is 0 Å². The molecule has 0 amide bonds. The Balaban J connectivity index is 1.51. The molecule has 0 aliphatic carbocycles. The third kappa shape index (κ3) is 4.06. The highest BCUT2D eigenvalue weighted by Crippen LogP contribution is 2.15. The molecule has 120 valence electrons. The molecule has 3 rings (SSSR count). The van der Waals surface area contributed by atoms with E-state index >= 15 is 0 Å². The van der Waals surface area contributed by atoms with E-state index in [-0.39, 0.29) is 5.75 Å². The number of aromatic nitrogens is 2. The Bertz CT molecular complexity index is 733. The van der Waals surface area contributed by atoms with E-state index in [1.54, 1.807) is 0 Å². The summed E-state index contributed by atoms with van der Waals surface area (Å²) in [5.41, 5.74) is 2.35. The molecule has 0 atom stereocenters. The van der Waals surface area contributed by atoms with Crippen molar-refractivity contribution in [1.82, 2.24) is 20.0 Å². The Morgan fingerprint density at radius 1 is 1.18 bits per heavy atom. The lowest BCUT2D eigenvalue weighted by Crippen LogP contribution is -2.47. The monoisotopic (exact) mass is 322 g/mol. The van der Waals surface area contributed by atoms with Crippen LogP contribution in [-0.4, -0.2) is 73.1 Å². The smallest absolute Gasteiger partial charge is 0.148 e. The van der Waals surface area contributed by atoms with Crippen LogP contribution in [0.25, 0.3) is 10.9 Å². The quantitative estimate of drug-likeness (QED) is 0.879. The van der Waals surface area contributed by atoms with E-state index in [9.17, 15) is 8.42 Å². The zero-order chi connectivity index (χ0) is 15.6. The second-order valence-corrected chi connectivity index (χ2v) is 8.30. The SMILES string of the molecule is CS(=O)(=O)CCN1CCN(Cc2ccc3cn[nH]c3c2)CC1. The molecule has 2 aromatic rings. The Morgan fingerprint density at radius 2 is 1.91 bits per heavy atom. The van der Waals surface area contributed by atoms with Gasteiger partial charge in [-0.1, -0.05) is 12.1 Å². The molecule has 1 aliphatic heterocycles. The summed E-state index contributed by atoms with van der Waals surface area (Å²) in [5.74, 6) is 0.253.